The number of aliphatic imine (C=N–C) groups is 1. The van der Waals surface area contributed by atoms with Crippen LogP contribution in [0.25, 0.3) is 0 Å². The average molecular weight is 459 g/mol. The highest BCUT2D eigenvalue weighted by Gasteiger charge is 2.19. The van der Waals surface area contributed by atoms with Gasteiger partial charge in [0.2, 0.25) is 6.41 Å². The first-order valence-electron chi connectivity index (χ1n) is 10.2. The predicted octanol–water partition coefficient (Wildman–Crippen LogP) is 2.27. The Kier molecular flexibility index (Phi) is 7.93. The summed E-state index contributed by atoms with van der Waals surface area (Å²) < 4.78 is 13.1. The number of nitrogens with zero attached hydrogens (tertiary/aromatic N) is 5. The van der Waals surface area contributed by atoms with Gasteiger partial charge in [-0.15, -0.1) is 0 Å². The fourth-order valence-corrected chi connectivity index (χ4v) is 4.08. The van der Waals surface area contributed by atoms with Gasteiger partial charge in [0.25, 0.3) is 5.91 Å². The maximum atomic E-state index is 13.1. The number of rotatable bonds is 10. The van der Waals surface area contributed by atoms with Gasteiger partial charge in [-0.25, -0.2) is 9.37 Å². The molecule has 0 spiro atoms. The Bertz CT molecular complexity index is 991. The van der Waals surface area contributed by atoms with Crippen molar-refractivity contribution in [1.82, 2.24) is 20.1 Å². The van der Waals surface area contributed by atoms with Crippen molar-refractivity contribution in [2.45, 2.75) is 19.5 Å². The van der Waals surface area contributed by atoms with Crippen LogP contribution in [0.4, 0.5) is 9.52 Å². The number of nitrogens with one attached hydrogen (secondary N) is 1. The molecule has 2 amide bonds. The Hall–Kier alpha value is -3.27. The van der Waals surface area contributed by atoms with E-state index in [1.165, 1.54) is 23.5 Å². The normalized spacial score (nSPS) is 15.0. The fourth-order valence-electron chi connectivity index (χ4n) is 3.11. The number of carbonyl (C=O) groups is 2. The van der Waals surface area contributed by atoms with Gasteiger partial charge in [-0.2, -0.15) is 0 Å². The van der Waals surface area contributed by atoms with Gasteiger partial charge >= 0.3 is 0 Å². The lowest BCUT2D eigenvalue weighted by Gasteiger charge is -2.25. The summed E-state index contributed by atoms with van der Waals surface area (Å²) in [4.78, 5) is 38.8. The zero-order valence-corrected chi connectivity index (χ0v) is 19.2. The lowest BCUT2D eigenvalue weighted by atomic mass is 10.2. The first-order valence-corrected chi connectivity index (χ1v) is 11.0. The topological polar surface area (TPSA) is 81.1 Å². The van der Waals surface area contributed by atoms with E-state index in [-0.39, 0.29) is 17.8 Å². The summed E-state index contributed by atoms with van der Waals surface area (Å²) in [5.41, 5.74) is 1.52. The third-order valence-corrected chi connectivity index (χ3v) is 6.40. The molecule has 170 valence electrons. The van der Waals surface area contributed by atoms with Crippen LogP contribution >= 0.6 is 11.3 Å². The molecule has 0 radical (unpaired) electrons. The molecule has 1 aromatic heterocycles. The van der Waals surface area contributed by atoms with Crippen LogP contribution in [-0.4, -0.2) is 73.1 Å². The summed E-state index contributed by atoms with van der Waals surface area (Å²) in [6.07, 6.45) is 6.15. The lowest BCUT2D eigenvalue weighted by molar-refractivity contribution is -0.118. The van der Waals surface area contributed by atoms with E-state index in [0.717, 1.165) is 12.0 Å². The zero-order valence-electron chi connectivity index (χ0n) is 18.4. The van der Waals surface area contributed by atoms with Crippen LogP contribution in [0, 0.1) is 12.7 Å². The number of hydrogen-bond donors (Lipinski definition) is 1. The minimum Gasteiger partial charge on any atom is -0.369 e. The summed E-state index contributed by atoms with van der Waals surface area (Å²) in [6, 6.07) is 6.10. The van der Waals surface area contributed by atoms with E-state index in [0.29, 0.717) is 41.9 Å². The molecule has 0 bridgehead atoms. The van der Waals surface area contributed by atoms with Crippen LogP contribution in [0.15, 0.2) is 41.7 Å². The van der Waals surface area contributed by atoms with Gasteiger partial charge in [-0.1, -0.05) is 23.5 Å². The van der Waals surface area contributed by atoms with E-state index < -0.39 is 0 Å². The van der Waals surface area contributed by atoms with Crippen LogP contribution in [0.3, 0.4) is 0 Å². The van der Waals surface area contributed by atoms with Crippen molar-refractivity contribution in [2.75, 3.05) is 38.6 Å². The molecule has 1 unspecified atom stereocenters. The number of benzene rings is 1. The number of carbonyl (C=O) groups excluding carboxylic acids is 2. The quantitative estimate of drug-likeness (QED) is 0.553. The molecule has 0 saturated carbocycles. The van der Waals surface area contributed by atoms with E-state index in [1.807, 2.05) is 37.0 Å². The zero-order chi connectivity index (χ0) is 23.1. The van der Waals surface area contributed by atoms with E-state index >= 15 is 0 Å². The third-order valence-electron chi connectivity index (χ3n) is 5.13. The van der Waals surface area contributed by atoms with Gasteiger partial charge in [0.15, 0.2) is 5.13 Å². The Morgan fingerprint density at radius 3 is 2.75 bits per heavy atom. The molecule has 1 aliphatic rings. The molecular weight excluding hydrogens is 431 g/mol. The average Bonchev–Trinajstić information content (AvgIpc) is 3.18. The number of aryl methyl sites for hydroxylation is 1. The van der Waals surface area contributed by atoms with Crippen molar-refractivity contribution in [3.8, 4) is 0 Å². The number of amides is 2. The first kappa shape index (κ1) is 23.4. The fraction of sp³-hybridized carbons (Fsp3) is 0.364. The summed E-state index contributed by atoms with van der Waals surface area (Å²) in [6.45, 7) is 3.67. The van der Waals surface area contributed by atoms with Crippen LogP contribution in [-0.2, 0) is 11.3 Å². The van der Waals surface area contributed by atoms with Crippen molar-refractivity contribution in [3.63, 3.8) is 0 Å². The standard InChI is InChI=1S/C22H27FN6O2S/c1-16-20(21(31)25-13-19-12-24-8-9-27(19)2)32-22(26-16)28(3)10-11-29(15-30)14-17-4-6-18(23)7-5-17/h4-9,12,15,19H,10-11,13-14H2,1-3H3,(H,25,31). The minimum atomic E-state index is -0.305. The summed E-state index contributed by atoms with van der Waals surface area (Å²) in [7, 11) is 3.81. The Labute approximate surface area is 191 Å². The van der Waals surface area contributed by atoms with Gasteiger partial charge in [-0.3, -0.25) is 14.6 Å². The molecule has 10 heteroatoms. The molecule has 3 rings (SSSR count). The monoisotopic (exact) mass is 458 g/mol. The molecule has 2 aromatic rings. The predicted molar refractivity (Wildman–Crippen MR) is 125 cm³/mol. The highest BCUT2D eigenvalue weighted by molar-refractivity contribution is 7.17. The second-order valence-electron chi connectivity index (χ2n) is 7.57. The number of halogens is 1. The smallest absolute Gasteiger partial charge is 0.263 e. The Morgan fingerprint density at radius 2 is 2.06 bits per heavy atom. The Morgan fingerprint density at radius 1 is 1.31 bits per heavy atom. The molecule has 0 aliphatic carbocycles. The van der Waals surface area contributed by atoms with Gasteiger partial charge in [0.05, 0.1) is 11.7 Å². The van der Waals surface area contributed by atoms with E-state index in [1.54, 1.807) is 29.4 Å². The van der Waals surface area contributed by atoms with Gasteiger partial charge in [-0.05, 0) is 24.6 Å². The summed E-state index contributed by atoms with van der Waals surface area (Å²) in [5, 5.41) is 3.66. The highest BCUT2D eigenvalue weighted by Crippen LogP contribution is 2.25. The molecular formula is C22H27FN6O2S. The summed E-state index contributed by atoms with van der Waals surface area (Å²) in [5.74, 6) is -0.470. The lowest BCUT2D eigenvalue weighted by Crippen LogP contribution is -2.41. The molecule has 8 nitrogen and oxygen atoms in total. The molecule has 1 N–H and O–H groups in total. The molecule has 0 fully saturated rings. The molecule has 0 saturated heterocycles. The number of hydrogen-bond acceptors (Lipinski definition) is 7. The van der Waals surface area contributed by atoms with Crippen molar-refractivity contribution >= 4 is 35.0 Å². The van der Waals surface area contributed by atoms with Crippen molar-refractivity contribution < 1.29 is 14.0 Å². The molecule has 1 aliphatic heterocycles. The Balaban J connectivity index is 1.53. The summed E-state index contributed by atoms with van der Waals surface area (Å²) >= 11 is 1.32. The second kappa shape index (κ2) is 10.9. The van der Waals surface area contributed by atoms with Gasteiger partial charge in [0.1, 0.15) is 10.7 Å². The molecule has 1 aromatic carbocycles. The van der Waals surface area contributed by atoms with E-state index in [2.05, 4.69) is 15.3 Å². The largest absolute Gasteiger partial charge is 0.369 e. The van der Waals surface area contributed by atoms with Crippen LogP contribution in [0.2, 0.25) is 0 Å². The maximum absolute atomic E-state index is 13.1. The van der Waals surface area contributed by atoms with E-state index in [9.17, 15) is 14.0 Å². The number of likely N-dealkylation sites (N-methyl/N-ethyl adjacent to an activating group) is 2. The number of anilines is 1. The highest BCUT2D eigenvalue weighted by atomic mass is 32.1. The maximum Gasteiger partial charge on any atom is 0.263 e. The van der Waals surface area contributed by atoms with Crippen LogP contribution in [0.5, 0.6) is 0 Å². The molecule has 32 heavy (non-hydrogen) atoms. The van der Waals surface area contributed by atoms with Crippen LogP contribution < -0.4 is 10.2 Å². The molecule has 2 heterocycles. The first-order chi connectivity index (χ1) is 15.4. The van der Waals surface area contributed by atoms with Crippen molar-refractivity contribution in [1.29, 1.82) is 0 Å². The minimum absolute atomic E-state index is 0.00903. The van der Waals surface area contributed by atoms with E-state index in [4.69, 9.17) is 0 Å². The SMILES string of the molecule is Cc1nc(N(C)CCN(C=O)Cc2ccc(F)cc2)sc1C(=O)NCC1C=NC=CN1C. The second-order valence-corrected chi connectivity index (χ2v) is 8.55. The van der Waals surface area contributed by atoms with Crippen molar-refractivity contribution in [3.05, 3.63) is 58.6 Å². The molecule has 1 atom stereocenters. The van der Waals surface area contributed by atoms with Crippen LogP contribution in [0.1, 0.15) is 20.9 Å². The van der Waals surface area contributed by atoms with Crippen molar-refractivity contribution in [2.24, 2.45) is 4.99 Å². The third kappa shape index (κ3) is 6.13. The number of aromatic nitrogens is 1. The van der Waals surface area contributed by atoms with Gasteiger partial charge < -0.3 is 20.0 Å². The van der Waals surface area contributed by atoms with Gasteiger partial charge in [0, 0.05) is 58.9 Å². The number of thiazole rings is 1.